The maximum absolute atomic E-state index is 5.43. The summed E-state index contributed by atoms with van der Waals surface area (Å²) in [5, 5.41) is 5.82. The molecule has 0 saturated carbocycles. The number of aromatic nitrogens is 1. The molecular formula is C18H18N2O. The van der Waals surface area contributed by atoms with E-state index in [0.29, 0.717) is 0 Å². The number of hydrogen-bond donors (Lipinski definition) is 1. The largest absolute Gasteiger partial charge is 0.496 e. The molecule has 0 amide bonds. The summed E-state index contributed by atoms with van der Waals surface area (Å²) < 4.78 is 5.43. The Hall–Kier alpha value is -2.55. The molecule has 2 aromatic carbocycles. The number of fused-ring (bicyclic) bond motifs is 1. The summed E-state index contributed by atoms with van der Waals surface area (Å²) in [6.07, 6.45) is 3.70. The summed E-state index contributed by atoms with van der Waals surface area (Å²) in [5.41, 5.74) is 3.50. The summed E-state index contributed by atoms with van der Waals surface area (Å²) in [5.74, 6) is 0.912. The van der Waals surface area contributed by atoms with Gasteiger partial charge < -0.3 is 10.1 Å². The zero-order valence-corrected chi connectivity index (χ0v) is 12.3. The predicted molar refractivity (Wildman–Crippen MR) is 86.8 cm³/mol. The number of pyridine rings is 1. The second kappa shape index (κ2) is 5.83. The molecule has 3 heteroatoms. The van der Waals surface area contributed by atoms with Crippen LogP contribution in [0.4, 0.5) is 5.69 Å². The first kappa shape index (κ1) is 13.4. The first-order chi connectivity index (χ1) is 10.3. The van der Waals surface area contributed by atoms with Gasteiger partial charge in [0, 0.05) is 41.0 Å². The van der Waals surface area contributed by atoms with Crippen LogP contribution in [0.3, 0.4) is 0 Å². The van der Waals surface area contributed by atoms with Crippen LogP contribution in [0, 0.1) is 6.92 Å². The standard InChI is InChI=1S/C18H18N2O/c1-13-6-7-18(21-2)15(10-13)12-20-17-5-3-4-14-11-19-9-8-16(14)17/h3-11,20H,12H2,1-2H3. The fraction of sp³-hybridized carbons (Fsp3) is 0.167. The van der Waals surface area contributed by atoms with Gasteiger partial charge in [-0.3, -0.25) is 4.98 Å². The van der Waals surface area contributed by atoms with Crippen LogP contribution < -0.4 is 10.1 Å². The first-order valence-electron chi connectivity index (χ1n) is 6.98. The van der Waals surface area contributed by atoms with Gasteiger partial charge in [0.05, 0.1) is 7.11 Å². The minimum absolute atomic E-state index is 0.728. The van der Waals surface area contributed by atoms with E-state index in [-0.39, 0.29) is 0 Å². The number of ether oxygens (including phenoxy) is 1. The van der Waals surface area contributed by atoms with Crippen molar-refractivity contribution >= 4 is 16.5 Å². The van der Waals surface area contributed by atoms with Crippen LogP contribution in [0.2, 0.25) is 0 Å². The molecule has 0 fully saturated rings. The molecule has 0 atom stereocenters. The molecular weight excluding hydrogens is 260 g/mol. The van der Waals surface area contributed by atoms with E-state index in [4.69, 9.17) is 4.74 Å². The van der Waals surface area contributed by atoms with Crippen molar-refractivity contribution in [2.75, 3.05) is 12.4 Å². The SMILES string of the molecule is COc1ccc(C)cc1CNc1cccc2cnccc12. The highest BCUT2D eigenvalue weighted by atomic mass is 16.5. The van der Waals surface area contributed by atoms with Gasteiger partial charge in [0.1, 0.15) is 5.75 Å². The molecule has 3 rings (SSSR count). The zero-order valence-electron chi connectivity index (χ0n) is 12.3. The van der Waals surface area contributed by atoms with Gasteiger partial charge in [-0.25, -0.2) is 0 Å². The molecule has 0 saturated heterocycles. The molecule has 0 aliphatic heterocycles. The highest BCUT2D eigenvalue weighted by molar-refractivity contribution is 5.93. The van der Waals surface area contributed by atoms with Crippen LogP contribution in [0.5, 0.6) is 5.75 Å². The monoisotopic (exact) mass is 278 g/mol. The molecule has 0 unspecified atom stereocenters. The van der Waals surface area contributed by atoms with Gasteiger partial charge in [0.2, 0.25) is 0 Å². The molecule has 106 valence electrons. The number of benzene rings is 2. The molecule has 0 aliphatic carbocycles. The van der Waals surface area contributed by atoms with E-state index in [1.807, 2.05) is 30.6 Å². The lowest BCUT2D eigenvalue weighted by molar-refractivity contribution is 0.410. The number of anilines is 1. The van der Waals surface area contributed by atoms with E-state index < -0.39 is 0 Å². The number of methoxy groups -OCH3 is 1. The first-order valence-corrected chi connectivity index (χ1v) is 6.98. The van der Waals surface area contributed by atoms with Gasteiger partial charge in [-0.15, -0.1) is 0 Å². The van der Waals surface area contributed by atoms with Gasteiger partial charge in [0.15, 0.2) is 0 Å². The van der Waals surface area contributed by atoms with Gasteiger partial charge in [-0.05, 0) is 25.1 Å². The van der Waals surface area contributed by atoms with Crippen LogP contribution in [0.1, 0.15) is 11.1 Å². The highest BCUT2D eigenvalue weighted by Crippen LogP contribution is 2.25. The van der Waals surface area contributed by atoms with Gasteiger partial charge in [0.25, 0.3) is 0 Å². The Labute approximate surface area is 124 Å². The van der Waals surface area contributed by atoms with Crippen molar-refractivity contribution in [3.63, 3.8) is 0 Å². The number of nitrogens with zero attached hydrogens (tertiary/aromatic N) is 1. The molecule has 0 radical (unpaired) electrons. The topological polar surface area (TPSA) is 34.1 Å². The van der Waals surface area contributed by atoms with Crippen LogP contribution in [-0.4, -0.2) is 12.1 Å². The normalized spacial score (nSPS) is 10.6. The smallest absolute Gasteiger partial charge is 0.123 e. The third kappa shape index (κ3) is 2.82. The number of aryl methyl sites for hydroxylation is 1. The molecule has 1 heterocycles. The summed E-state index contributed by atoms with van der Waals surface area (Å²) >= 11 is 0. The lowest BCUT2D eigenvalue weighted by Gasteiger charge is -2.13. The fourth-order valence-corrected chi connectivity index (χ4v) is 2.51. The van der Waals surface area contributed by atoms with Gasteiger partial charge >= 0.3 is 0 Å². The molecule has 3 aromatic rings. The maximum atomic E-state index is 5.43. The average Bonchev–Trinajstić information content (AvgIpc) is 2.53. The molecule has 1 aromatic heterocycles. The number of nitrogens with one attached hydrogen (secondary N) is 1. The highest BCUT2D eigenvalue weighted by Gasteiger charge is 2.05. The van der Waals surface area contributed by atoms with Crippen molar-refractivity contribution < 1.29 is 4.74 Å². The minimum atomic E-state index is 0.728. The molecule has 0 bridgehead atoms. The number of rotatable bonds is 4. The second-order valence-corrected chi connectivity index (χ2v) is 5.07. The summed E-state index contributed by atoms with van der Waals surface area (Å²) in [7, 11) is 1.71. The molecule has 1 N–H and O–H groups in total. The van der Waals surface area contributed by atoms with Crippen molar-refractivity contribution in [1.82, 2.24) is 4.98 Å². The van der Waals surface area contributed by atoms with E-state index in [9.17, 15) is 0 Å². The van der Waals surface area contributed by atoms with Gasteiger partial charge in [-0.2, -0.15) is 0 Å². The Bertz CT molecular complexity index is 763. The Kier molecular flexibility index (Phi) is 3.73. The Balaban J connectivity index is 1.89. The molecule has 3 nitrogen and oxygen atoms in total. The fourth-order valence-electron chi connectivity index (χ4n) is 2.51. The third-order valence-corrected chi connectivity index (χ3v) is 3.59. The lowest BCUT2D eigenvalue weighted by Crippen LogP contribution is -2.02. The Morgan fingerprint density at radius 2 is 2.05 bits per heavy atom. The quantitative estimate of drug-likeness (QED) is 0.778. The number of hydrogen-bond acceptors (Lipinski definition) is 3. The van der Waals surface area contributed by atoms with E-state index >= 15 is 0 Å². The minimum Gasteiger partial charge on any atom is -0.496 e. The molecule has 0 spiro atoms. The van der Waals surface area contributed by atoms with Gasteiger partial charge in [-0.1, -0.05) is 29.8 Å². The van der Waals surface area contributed by atoms with E-state index in [1.54, 1.807) is 7.11 Å². The van der Waals surface area contributed by atoms with Crippen molar-refractivity contribution in [3.05, 3.63) is 66.0 Å². The summed E-state index contributed by atoms with van der Waals surface area (Å²) in [4.78, 5) is 4.16. The van der Waals surface area contributed by atoms with E-state index in [0.717, 1.165) is 28.9 Å². The van der Waals surface area contributed by atoms with E-state index in [1.165, 1.54) is 10.9 Å². The third-order valence-electron chi connectivity index (χ3n) is 3.59. The Morgan fingerprint density at radius 1 is 1.14 bits per heavy atom. The molecule has 0 aliphatic rings. The van der Waals surface area contributed by atoms with Crippen molar-refractivity contribution in [1.29, 1.82) is 0 Å². The second-order valence-electron chi connectivity index (χ2n) is 5.07. The van der Waals surface area contributed by atoms with Crippen LogP contribution >= 0.6 is 0 Å². The van der Waals surface area contributed by atoms with Crippen LogP contribution in [-0.2, 0) is 6.54 Å². The average molecular weight is 278 g/mol. The van der Waals surface area contributed by atoms with Crippen molar-refractivity contribution in [2.45, 2.75) is 13.5 Å². The summed E-state index contributed by atoms with van der Waals surface area (Å²) in [6, 6.07) is 14.5. The van der Waals surface area contributed by atoms with Crippen molar-refractivity contribution in [2.24, 2.45) is 0 Å². The van der Waals surface area contributed by atoms with Crippen LogP contribution in [0.25, 0.3) is 10.8 Å². The predicted octanol–water partition coefficient (Wildman–Crippen LogP) is 4.16. The zero-order chi connectivity index (χ0) is 14.7. The van der Waals surface area contributed by atoms with Crippen LogP contribution in [0.15, 0.2) is 54.9 Å². The molecule has 21 heavy (non-hydrogen) atoms. The van der Waals surface area contributed by atoms with E-state index in [2.05, 4.69) is 41.5 Å². The maximum Gasteiger partial charge on any atom is 0.123 e. The summed E-state index contributed by atoms with van der Waals surface area (Å²) in [6.45, 7) is 2.82. The lowest BCUT2D eigenvalue weighted by atomic mass is 10.1. The Morgan fingerprint density at radius 3 is 2.90 bits per heavy atom. The van der Waals surface area contributed by atoms with Crippen molar-refractivity contribution in [3.8, 4) is 5.75 Å².